The van der Waals surface area contributed by atoms with Crippen molar-refractivity contribution in [2.24, 2.45) is 23.7 Å². The first-order valence-corrected chi connectivity index (χ1v) is 16.7. The van der Waals surface area contributed by atoms with Crippen LogP contribution in [-0.4, -0.2) is 6.19 Å². The van der Waals surface area contributed by atoms with Gasteiger partial charge < -0.3 is 0 Å². The van der Waals surface area contributed by atoms with Gasteiger partial charge in [0.25, 0.3) is 0 Å². The second-order valence-electron chi connectivity index (χ2n) is 8.44. The molecule has 24 heavy (non-hydrogen) atoms. The molecule has 5 unspecified atom stereocenters. The Bertz CT molecular complexity index is 659. The van der Waals surface area contributed by atoms with Crippen LogP contribution >= 0.6 is 0 Å². The molecule has 0 aromatic heterocycles. The Kier molecular flexibility index (Phi) is 5.23. The van der Waals surface area contributed by atoms with Crippen molar-refractivity contribution in [3.63, 3.8) is 0 Å². The molecule has 5 atom stereocenters. The van der Waals surface area contributed by atoms with Crippen LogP contribution in [0, 0.1) is 23.7 Å². The second kappa shape index (κ2) is 7.25. The molecule has 0 amide bonds. The Morgan fingerprint density at radius 2 is 1.75 bits per heavy atom. The number of allylic oxidation sites excluding steroid dienone is 8. The number of fused-ring (bicyclic) bond motifs is 3. The molecule has 0 spiro atoms. The fourth-order valence-electron chi connectivity index (χ4n) is 6.23. The third kappa shape index (κ3) is 2.85. The van der Waals surface area contributed by atoms with Crippen LogP contribution in [0.1, 0.15) is 45.4 Å². The number of hydrogen-bond acceptors (Lipinski definition) is 0. The summed E-state index contributed by atoms with van der Waals surface area (Å²) in [5, 5.41) is 0. The average Bonchev–Trinajstić information content (AvgIpc) is 3.19. The Morgan fingerprint density at radius 1 is 1.04 bits per heavy atom. The molecule has 2 heteroatoms. The fourth-order valence-corrected chi connectivity index (χ4v) is 20.8. The zero-order valence-electron chi connectivity index (χ0n) is 15.6. The van der Waals surface area contributed by atoms with E-state index in [0.717, 1.165) is 27.9 Å². The van der Waals surface area contributed by atoms with E-state index in [4.69, 9.17) is 0 Å². The molecule has 4 aliphatic rings. The summed E-state index contributed by atoms with van der Waals surface area (Å²) in [4.78, 5) is 0. The summed E-state index contributed by atoms with van der Waals surface area (Å²) in [6.45, 7) is 7.70. The van der Waals surface area contributed by atoms with Crippen molar-refractivity contribution in [1.82, 2.24) is 0 Å². The monoisotopic (exact) mass is 372 g/mol. The van der Waals surface area contributed by atoms with E-state index in [-0.39, 0.29) is 6.19 Å². The SMILES string of the molecule is CCC1=[C]([Ti]([CH]2C3C=CC=CC3C3CCCCC32)=[Si](C)C)CC=C1. The zero-order valence-corrected chi connectivity index (χ0v) is 18.2. The van der Waals surface area contributed by atoms with E-state index in [2.05, 4.69) is 56.5 Å². The molecule has 0 aliphatic heterocycles. The molecule has 2 fully saturated rings. The van der Waals surface area contributed by atoms with Crippen molar-refractivity contribution < 1.29 is 16.6 Å². The summed E-state index contributed by atoms with van der Waals surface area (Å²) in [5.41, 5.74) is 1.75. The normalized spacial score (nSPS) is 36.9. The van der Waals surface area contributed by atoms with E-state index < -0.39 is 16.6 Å². The molecular formula is C22H32SiTi. The van der Waals surface area contributed by atoms with Crippen molar-refractivity contribution in [1.29, 1.82) is 0 Å². The second-order valence-corrected chi connectivity index (χ2v) is 20.6. The predicted octanol–water partition coefficient (Wildman–Crippen LogP) is 6.45. The molecule has 0 saturated heterocycles. The van der Waals surface area contributed by atoms with Gasteiger partial charge in [0.05, 0.1) is 0 Å². The Labute approximate surface area is 154 Å². The van der Waals surface area contributed by atoms with Crippen LogP contribution in [0.25, 0.3) is 0 Å². The predicted molar refractivity (Wildman–Crippen MR) is 103 cm³/mol. The molecule has 0 N–H and O–H groups in total. The number of hydrogen-bond donors (Lipinski definition) is 0. The van der Waals surface area contributed by atoms with E-state index in [1.807, 2.05) is 3.88 Å². The third-order valence-corrected chi connectivity index (χ3v) is 20.0. The van der Waals surface area contributed by atoms with Gasteiger partial charge in [0.1, 0.15) is 0 Å². The van der Waals surface area contributed by atoms with E-state index in [0.29, 0.717) is 0 Å². The van der Waals surface area contributed by atoms with Gasteiger partial charge in [0.2, 0.25) is 0 Å². The van der Waals surface area contributed by atoms with Gasteiger partial charge in [-0.3, -0.25) is 0 Å². The Hall–Kier alpha value is -0.109. The summed E-state index contributed by atoms with van der Waals surface area (Å²) in [5.74, 6) is 3.85. The summed E-state index contributed by atoms with van der Waals surface area (Å²) < 4.78 is 3.09. The number of rotatable bonds is 3. The topological polar surface area (TPSA) is 0 Å². The minimum absolute atomic E-state index is 0.169. The van der Waals surface area contributed by atoms with Crippen molar-refractivity contribution in [3.05, 3.63) is 45.9 Å². The van der Waals surface area contributed by atoms with E-state index in [1.165, 1.54) is 38.5 Å². The van der Waals surface area contributed by atoms with Gasteiger partial charge in [-0.25, -0.2) is 0 Å². The van der Waals surface area contributed by atoms with E-state index in [9.17, 15) is 0 Å². The first kappa shape index (κ1) is 17.3. The van der Waals surface area contributed by atoms with Gasteiger partial charge in [-0.15, -0.1) is 0 Å². The van der Waals surface area contributed by atoms with E-state index in [1.54, 1.807) is 5.57 Å². The summed E-state index contributed by atoms with van der Waals surface area (Å²) in [6, 6.07) is 0. The molecule has 128 valence electrons. The summed E-state index contributed by atoms with van der Waals surface area (Å²) in [6.07, 6.45) is 23.4. The molecule has 4 aliphatic carbocycles. The molecule has 0 heterocycles. The molecule has 0 radical (unpaired) electrons. The van der Waals surface area contributed by atoms with Gasteiger partial charge >= 0.3 is 155 Å². The quantitative estimate of drug-likeness (QED) is 0.500. The van der Waals surface area contributed by atoms with Crippen LogP contribution in [0.3, 0.4) is 0 Å². The van der Waals surface area contributed by atoms with Crippen LogP contribution in [-0.2, 0) is 16.6 Å². The first-order chi connectivity index (χ1) is 11.7. The maximum atomic E-state index is 2.66. The summed E-state index contributed by atoms with van der Waals surface area (Å²) >= 11 is -1.19. The Balaban J connectivity index is 1.79. The van der Waals surface area contributed by atoms with Gasteiger partial charge in [-0.2, -0.15) is 0 Å². The van der Waals surface area contributed by atoms with Gasteiger partial charge in [0.15, 0.2) is 0 Å². The van der Waals surface area contributed by atoms with Crippen LogP contribution in [0.2, 0.25) is 17.3 Å². The van der Waals surface area contributed by atoms with Crippen LogP contribution in [0.15, 0.2) is 45.9 Å². The maximum absolute atomic E-state index is 2.66. The molecular weight excluding hydrogens is 340 g/mol. The van der Waals surface area contributed by atoms with Gasteiger partial charge in [0, 0.05) is 0 Å². The van der Waals surface area contributed by atoms with E-state index >= 15 is 0 Å². The zero-order chi connectivity index (χ0) is 16.7. The van der Waals surface area contributed by atoms with Gasteiger partial charge in [-0.1, -0.05) is 0 Å². The fraction of sp³-hybridized carbons (Fsp3) is 0.636. The minimum atomic E-state index is -1.19. The molecule has 0 aromatic carbocycles. The van der Waals surface area contributed by atoms with Crippen molar-refractivity contribution >= 4 is 6.19 Å². The van der Waals surface area contributed by atoms with Crippen molar-refractivity contribution in [2.75, 3.05) is 0 Å². The molecule has 2 saturated carbocycles. The third-order valence-electron chi connectivity index (χ3n) is 7.07. The molecule has 4 rings (SSSR count). The average molecular weight is 372 g/mol. The van der Waals surface area contributed by atoms with Crippen molar-refractivity contribution in [2.45, 2.75) is 62.8 Å². The van der Waals surface area contributed by atoms with Crippen LogP contribution in [0.4, 0.5) is 0 Å². The summed E-state index contributed by atoms with van der Waals surface area (Å²) in [7, 11) is 0. The molecule has 0 bridgehead atoms. The molecule has 0 aromatic rings. The van der Waals surface area contributed by atoms with Crippen LogP contribution in [0.5, 0.6) is 0 Å². The molecule has 0 nitrogen and oxygen atoms in total. The first-order valence-electron chi connectivity index (χ1n) is 10.1. The van der Waals surface area contributed by atoms with Crippen LogP contribution < -0.4 is 0 Å². The Morgan fingerprint density at radius 3 is 2.46 bits per heavy atom. The van der Waals surface area contributed by atoms with Crippen molar-refractivity contribution in [3.8, 4) is 0 Å². The standard InChI is InChI=1S/C13H17.C7H9.C2H6Si.Ti/c1-3-7-12-10(5-1)9-11-6-2-4-8-13(11)12;1-2-7-5-3-4-6-7;1-3-2;/h1,3,5,7,9-13H,2,4,6,8H2;3,5H,2,4H2,1H3;1-2H3;. The van der Waals surface area contributed by atoms with Gasteiger partial charge in [-0.05, 0) is 0 Å².